The third kappa shape index (κ3) is 4.56. The van der Waals surface area contributed by atoms with Gasteiger partial charge in [0.15, 0.2) is 0 Å². The first kappa shape index (κ1) is 18.7. The number of rotatable bonds is 4. The van der Waals surface area contributed by atoms with Gasteiger partial charge in [-0.1, -0.05) is 30.3 Å². The number of benzene rings is 2. The van der Waals surface area contributed by atoms with Crippen molar-refractivity contribution in [2.45, 2.75) is 32.9 Å². The van der Waals surface area contributed by atoms with Gasteiger partial charge >= 0.3 is 6.09 Å². The molecule has 1 aromatic heterocycles. The predicted molar refractivity (Wildman–Crippen MR) is 108 cm³/mol. The molecule has 0 saturated carbocycles. The highest BCUT2D eigenvalue weighted by molar-refractivity contribution is 5.98. The standard InChI is InChI=1S/C22H24N2O3/c1-22(2,3)27-21(25)24-18(13-17-7-5-6-8-20(17)24)15-23-14-16-9-11-19(26-4)12-10-16/h5-13,15H,14H2,1-4H3. The molecule has 0 radical (unpaired) electrons. The van der Waals surface area contributed by atoms with Gasteiger partial charge in [-0.3, -0.25) is 4.99 Å². The summed E-state index contributed by atoms with van der Waals surface area (Å²) >= 11 is 0. The van der Waals surface area contributed by atoms with Crippen molar-refractivity contribution in [2.24, 2.45) is 4.99 Å². The van der Waals surface area contributed by atoms with E-state index in [0.29, 0.717) is 12.2 Å². The number of hydrogen-bond donors (Lipinski definition) is 0. The number of ether oxygens (including phenoxy) is 2. The Labute approximate surface area is 159 Å². The Kier molecular flexibility index (Phi) is 5.31. The van der Waals surface area contributed by atoms with Gasteiger partial charge in [0.2, 0.25) is 0 Å². The molecule has 140 valence electrons. The summed E-state index contributed by atoms with van der Waals surface area (Å²) in [6.45, 7) is 6.08. The largest absolute Gasteiger partial charge is 0.497 e. The number of aromatic nitrogens is 1. The predicted octanol–water partition coefficient (Wildman–Crippen LogP) is 5.05. The number of methoxy groups -OCH3 is 1. The van der Waals surface area contributed by atoms with Crippen molar-refractivity contribution in [1.82, 2.24) is 4.57 Å². The SMILES string of the molecule is COc1ccc(CN=Cc2cc3ccccc3n2C(=O)OC(C)(C)C)cc1. The number of carbonyl (C=O) groups excluding carboxylic acids is 1. The summed E-state index contributed by atoms with van der Waals surface area (Å²) in [4.78, 5) is 17.2. The fourth-order valence-electron chi connectivity index (χ4n) is 2.76. The second kappa shape index (κ2) is 7.66. The highest BCUT2D eigenvalue weighted by Crippen LogP contribution is 2.21. The maximum atomic E-state index is 12.7. The Morgan fingerprint density at radius 3 is 2.48 bits per heavy atom. The zero-order valence-corrected chi connectivity index (χ0v) is 16.1. The third-order valence-electron chi connectivity index (χ3n) is 3.97. The van der Waals surface area contributed by atoms with Crippen LogP contribution in [-0.2, 0) is 11.3 Å². The first-order chi connectivity index (χ1) is 12.9. The molecule has 27 heavy (non-hydrogen) atoms. The molecule has 5 nitrogen and oxygen atoms in total. The van der Waals surface area contributed by atoms with Gasteiger partial charge in [0.1, 0.15) is 11.4 Å². The Balaban J connectivity index is 1.88. The summed E-state index contributed by atoms with van der Waals surface area (Å²) in [5.41, 5.74) is 1.99. The van der Waals surface area contributed by atoms with Crippen LogP contribution in [0.15, 0.2) is 59.6 Å². The minimum absolute atomic E-state index is 0.408. The third-order valence-corrected chi connectivity index (χ3v) is 3.97. The van der Waals surface area contributed by atoms with Crippen molar-refractivity contribution in [1.29, 1.82) is 0 Å². The molecule has 3 rings (SSSR count). The number of nitrogens with zero attached hydrogens (tertiary/aromatic N) is 2. The lowest BCUT2D eigenvalue weighted by atomic mass is 10.2. The normalized spacial score (nSPS) is 11.9. The van der Waals surface area contributed by atoms with Gasteiger partial charge in [-0.15, -0.1) is 0 Å². The maximum Gasteiger partial charge on any atom is 0.419 e. The van der Waals surface area contributed by atoms with E-state index in [0.717, 1.165) is 22.2 Å². The van der Waals surface area contributed by atoms with Crippen molar-refractivity contribution in [2.75, 3.05) is 7.11 Å². The van der Waals surface area contributed by atoms with Crippen LogP contribution < -0.4 is 4.74 Å². The van der Waals surface area contributed by atoms with E-state index in [2.05, 4.69) is 4.99 Å². The van der Waals surface area contributed by atoms with E-state index in [1.54, 1.807) is 17.9 Å². The molecule has 0 N–H and O–H groups in total. The van der Waals surface area contributed by atoms with Crippen LogP contribution >= 0.6 is 0 Å². The summed E-state index contributed by atoms with van der Waals surface area (Å²) in [7, 11) is 1.64. The molecule has 0 saturated heterocycles. The van der Waals surface area contributed by atoms with Gasteiger partial charge in [-0.2, -0.15) is 0 Å². The molecule has 0 fully saturated rings. The topological polar surface area (TPSA) is 52.8 Å². The van der Waals surface area contributed by atoms with E-state index in [-0.39, 0.29) is 0 Å². The molecule has 0 spiro atoms. The lowest BCUT2D eigenvalue weighted by Crippen LogP contribution is -2.28. The molecule has 0 aliphatic rings. The molecular weight excluding hydrogens is 340 g/mol. The lowest BCUT2D eigenvalue weighted by Gasteiger charge is -2.20. The summed E-state index contributed by atoms with van der Waals surface area (Å²) in [5, 5.41) is 0.967. The van der Waals surface area contributed by atoms with E-state index in [1.807, 2.05) is 75.4 Å². The number of para-hydroxylation sites is 1. The van der Waals surface area contributed by atoms with Crippen molar-refractivity contribution < 1.29 is 14.3 Å². The number of carbonyl (C=O) groups is 1. The zero-order valence-electron chi connectivity index (χ0n) is 16.1. The van der Waals surface area contributed by atoms with Crippen LogP contribution in [0, 0.1) is 0 Å². The van der Waals surface area contributed by atoms with Crippen molar-refractivity contribution in [3.05, 3.63) is 65.9 Å². The van der Waals surface area contributed by atoms with Crippen LogP contribution in [0.4, 0.5) is 4.79 Å². The zero-order chi connectivity index (χ0) is 19.4. The second-order valence-corrected chi connectivity index (χ2v) is 7.26. The fraction of sp³-hybridized carbons (Fsp3) is 0.273. The molecule has 0 bridgehead atoms. The van der Waals surface area contributed by atoms with Gasteiger partial charge in [0.25, 0.3) is 0 Å². The molecule has 0 amide bonds. The second-order valence-electron chi connectivity index (χ2n) is 7.26. The van der Waals surface area contributed by atoms with Crippen LogP contribution in [0.1, 0.15) is 32.0 Å². The van der Waals surface area contributed by atoms with Gasteiger partial charge < -0.3 is 9.47 Å². The van der Waals surface area contributed by atoms with E-state index < -0.39 is 11.7 Å². The van der Waals surface area contributed by atoms with Gasteiger partial charge in [-0.05, 0) is 50.6 Å². The van der Waals surface area contributed by atoms with E-state index in [9.17, 15) is 4.79 Å². The van der Waals surface area contributed by atoms with Crippen LogP contribution in [0.5, 0.6) is 5.75 Å². The van der Waals surface area contributed by atoms with Crippen LogP contribution in [0.3, 0.4) is 0 Å². The number of fused-ring (bicyclic) bond motifs is 1. The van der Waals surface area contributed by atoms with Crippen LogP contribution in [0.2, 0.25) is 0 Å². The number of hydrogen-bond acceptors (Lipinski definition) is 4. The fourth-order valence-corrected chi connectivity index (χ4v) is 2.76. The lowest BCUT2D eigenvalue weighted by molar-refractivity contribution is 0.0544. The number of aliphatic imine (C=N–C) groups is 1. The Morgan fingerprint density at radius 1 is 1.11 bits per heavy atom. The molecule has 0 aliphatic carbocycles. The van der Waals surface area contributed by atoms with Crippen LogP contribution in [-0.4, -0.2) is 29.6 Å². The molecule has 0 aliphatic heterocycles. The minimum Gasteiger partial charge on any atom is -0.497 e. The monoisotopic (exact) mass is 364 g/mol. The van der Waals surface area contributed by atoms with Crippen molar-refractivity contribution in [3.8, 4) is 5.75 Å². The van der Waals surface area contributed by atoms with Crippen molar-refractivity contribution >= 4 is 23.2 Å². The highest BCUT2D eigenvalue weighted by Gasteiger charge is 2.21. The molecule has 2 aromatic carbocycles. The van der Waals surface area contributed by atoms with Gasteiger partial charge in [0, 0.05) is 11.6 Å². The molecule has 5 heteroatoms. The average Bonchev–Trinajstić information content (AvgIpc) is 2.99. The van der Waals surface area contributed by atoms with Gasteiger partial charge in [-0.25, -0.2) is 9.36 Å². The summed E-state index contributed by atoms with van der Waals surface area (Å²) < 4.78 is 12.3. The highest BCUT2D eigenvalue weighted by atomic mass is 16.6. The van der Waals surface area contributed by atoms with E-state index in [1.165, 1.54) is 0 Å². The first-order valence-electron chi connectivity index (χ1n) is 8.84. The quantitative estimate of drug-likeness (QED) is 0.609. The molecule has 0 atom stereocenters. The Bertz CT molecular complexity index is 963. The molecular formula is C22H24N2O3. The Hall–Kier alpha value is -3.08. The smallest absolute Gasteiger partial charge is 0.419 e. The molecule has 3 aromatic rings. The molecule has 0 unspecified atom stereocenters. The van der Waals surface area contributed by atoms with E-state index in [4.69, 9.17) is 9.47 Å². The summed E-state index contributed by atoms with van der Waals surface area (Å²) in [6.07, 6.45) is 1.31. The van der Waals surface area contributed by atoms with Gasteiger partial charge in [0.05, 0.1) is 24.9 Å². The summed E-state index contributed by atoms with van der Waals surface area (Å²) in [5.74, 6) is 0.813. The maximum absolute atomic E-state index is 12.7. The van der Waals surface area contributed by atoms with Crippen LogP contribution in [0.25, 0.3) is 10.9 Å². The van der Waals surface area contributed by atoms with E-state index >= 15 is 0 Å². The molecule has 1 heterocycles. The minimum atomic E-state index is -0.569. The van der Waals surface area contributed by atoms with Crippen molar-refractivity contribution in [3.63, 3.8) is 0 Å². The Morgan fingerprint density at radius 2 is 1.81 bits per heavy atom. The first-order valence-corrected chi connectivity index (χ1v) is 8.84. The summed E-state index contributed by atoms with van der Waals surface area (Å²) in [6, 6.07) is 17.4. The average molecular weight is 364 g/mol.